The van der Waals surface area contributed by atoms with Crippen LogP contribution in [0.3, 0.4) is 0 Å². The number of ether oxygens (including phenoxy) is 1. The van der Waals surface area contributed by atoms with Gasteiger partial charge in [0.15, 0.2) is 0 Å². The van der Waals surface area contributed by atoms with Gasteiger partial charge in [0.05, 0.1) is 25.0 Å². The molecule has 0 saturated heterocycles. The van der Waals surface area contributed by atoms with E-state index in [9.17, 15) is 14.4 Å². The van der Waals surface area contributed by atoms with Crippen molar-refractivity contribution >= 4 is 17.8 Å². The summed E-state index contributed by atoms with van der Waals surface area (Å²) in [7, 11) is 0. The molecule has 3 atom stereocenters. The number of carboxylic acid groups (broad SMARTS) is 1. The van der Waals surface area contributed by atoms with Crippen molar-refractivity contribution in [2.75, 3.05) is 6.61 Å². The molecule has 7 nitrogen and oxygen atoms in total. The second kappa shape index (κ2) is 9.66. The number of carboxylic acids is 1. The Morgan fingerprint density at radius 2 is 1.80 bits per heavy atom. The number of carbonyl (C=O) groups excluding carboxylic acids is 2. The summed E-state index contributed by atoms with van der Waals surface area (Å²) in [6, 6.07) is 6.11. The number of hydrogen-bond acceptors (Lipinski definition) is 4. The maximum atomic E-state index is 12.3. The summed E-state index contributed by atoms with van der Waals surface area (Å²) >= 11 is 0. The molecule has 138 valence electrons. The van der Waals surface area contributed by atoms with Crippen LogP contribution in [0.15, 0.2) is 24.3 Å². The first kappa shape index (κ1) is 20.5. The van der Waals surface area contributed by atoms with Gasteiger partial charge in [-0.3, -0.25) is 14.4 Å². The topological polar surface area (TPSA) is 105 Å². The molecule has 7 heteroatoms. The molecule has 3 N–H and O–H groups in total. The van der Waals surface area contributed by atoms with Crippen LogP contribution < -0.4 is 15.4 Å². The minimum atomic E-state index is -0.979. The first-order valence-electron chi connectivity index (χ1n) is 8.27. The maximum Gasteiger partial charge on any atom is 0.308 e. The number of carbonyl (C=O) groups is 3. The van der Waals surface area contributed by atoms with Gasteiger partial charge in [-0.1, -0.05) is 18.2 Å². The zero-order chi connectivity index (χ0) is 19.0. The van der Waals surface area contributed by atoms with E-state index in [2.05, 4.69) is 10.6 Å². The number of benzene rings is 1. The van der Waals surface area contributed by atoms with E-state index in [1.807, 2.05) is 13.0 Å². The molecule has 0 fully saturated rings. The van der Waals surface area contributed by atoms with Crippen molar-refractivity contribution in [3.63, 3.8) is 0 Å². The summed E-state index contributed by atoms with van der Waals surface area (Å²) in [5, 5.41) is 14.4. The molecule has 0 heterocycles. The average molecular weight is 350 g/mol. The lowest BCUT2D eigenvalue weighted by molar-refractivity contribution is -0.142. The van der Waals surface area contributed by atoms with E-state index < -0.39 is 24.0 Å². The monoisotopic (exact) mass is 350 g/mol. The number of amides is 2. The van der Waals surface area contributed by atoms with E-state index in [1.165, 1.54) is 13.8 Å². The third-order valence-electron chi connectivity index (χ3n) is 3.89. The molecule has 0 aromatic heterocycles. The Morgan fingerprint density at radius 1 is 1.16 bits per heavy atom. The fraction of sp³-hybridized carbons (Fsp3) is 0.500. The van der Waals surface area contributed by atoms with E-state index in [-0.39, 0.29) is 18.2 Å². The summed E-state index contributed by atoms with van der Waals surface area (Å²) < 4.78 is 5.57. The molecule has 0 bridgehead atoms. The smallest absolute Gasteiger partial charge is 0.308 e. The van der Waals surface area contributed by atoms with Crippen molar-refractivity contribution in [2.45, 2.75) is 46.2 Å². The molecule has 0 aliphatic carbocycles. The second-order valence-corrected chi connectivity index (χ2v) is 5.91. The number of aliphatic carboxylic acids is 1. The number of nitrogens with one attached hydrogen (secondary N) is 2. The van der Waals surface area contributed by atoms with Gasteiger partial charge in [0.1, 0.15) is 5.75 Å². The largest absolute Gasteiger partial charge is 0.494 e. The highest BCUT2D eigenvalue weighted by atomic mass is 16.5. The molecule has 0 aliphatic heterocycles. The average Bonchev–Trinajstić information content (AvgIpc) is 2.53. The van der Waals surface area contributed by atoms with Gasteiger partial charge in [-0.05, 0) is 26.8 Å². The molecule has 1 aromatic rings. The van der Waals surface area contributed by atoms with Crippen molar-refractivity contribution in [2.24, 2.45) is 5.92 Å². The molecule has 0 radical (unpaired) electrons. The number of hydrogen-bond donors (Lipinski definition) is 3. The van der Waals surface area contributed by atoms with E-state index >= 15 is 0 Å². The molecule has 1 rings (SSSR count). The Morgan fingerprint density at radius 3 is 2.36 bits per heavy atom. The van der Waals surface area contributed by atoms with Crippen LogP contribution in [0.1, 0.15) is 45.7 Å². The van der Waals surface area contributed by atoms with E-state index in [0.29, 0.717) is 17.9 Å². The molecular weight excluding hydrogens is 324 g/mol. The van der Waals surface area contributed by atoms with Crippen LogP contribution >= 0.6 is 0 Å². The van der Waals surface area contributed by atoms with Crippen molar-refractivity contribution in [3.8, 4) is 5.75 Å². The van der Waals surface area contributed by atoms with Crippen molar-refractivity contribution < 1.29 is 24.2 Å². The summed E-state index contributed by atoms with van der Waals surface area (Å²) in [6.45, 7) is 6.86. The van der Waals surface area contributed by atoms with Gasteiger partial charge < -0.3 is 20.5 Å². The summed E-state index contributed by atoms with van der Waals surface area (Å²) in [4.78, 5) is 34.9. The molecule has 25 heavy (non-hydrogen) atoms. The molecule has 3 unspecified atom stereocenters. The number of para-hydroxylation sites is 1. The highest BCUT2D eigenvalue weighted by Crippen LogP contribution is 2.27. The van der Waals surface area contributed by atoms with Gasteiger partial charge in [-0.15, -0.1) is 0 Å². The molecule has 0 saturated carbocycles. The van der Waals surface area contributed by atoms with Crippen molar-refractivity contribution in [1.29, 1.82) is 0 Å². The third kappa shape index (κ3) is 6.45. The van der Waals surface area contributed by atoms with Crippen LogP contribution in [-0.2, 0) is 14.4 Å². The standard InChI is InChI=1S/C18H26N2O5/c1-5-25-16-9-7-6-8-14(16)15(20-13(4)21)10-17(22)19-12(3)11(2)18(23)24/h6-9,11-12,15H,5,10H2,1-4H3,(H,19,22)(H,20,21)(H,23,24). The van der Waals surface area contributed by atoms with Crippen LogP contribution in [0.5, 0.6) is 5.75 Å². The quantitative estimate of drug-likeness (QED) is 0.631. The lowest BCUT2D eigenvalue weighted by Crippen LogP contribution is -2.41. The fourth-order valence-corrected chi connectivity index (χ4v) is 2.38. The Kier molecular flexibility index (Phi) is 7.91. The Labute approximate surface area is 147 Å². The van der Waals surface area contributed by atoms with Crippen LogP contribution in [0.4, 0.5) is 0 Å². The summed E-state index contributed by atoms with van der Waals surface area (Å²) in [5.41, 5.74) is 0.702. The zero-order valence-electron chi connectivity index (χ0n) is 15.0. The maximum absolute atomic E-state index is 12.3. The Balaban J connectivity index is 2.92. The lowest BCUT2D eigenvalue weighted by atomic mass is 10.0. The van der Waals surface area contributed by atoms with Crippen LogP contribution in [0, 0.1) is 5.92 Å². The first-order valence-corrected chi connectivity index (χ1v) is 8.27. The van der Waals surface area contributed by atoms with Gasteiger partial charge in [-0.25, -0.2) is 0 Å². The van der Waals surface area contributed by atoms with Gasteiger partial charge in [0.25, 0.3) is 0 Å². The van der Waals surface area contributed by atoms with E-state index in [0.717, 1.165) is 0 Å². The predicted octanol–water partition coefficient (Wildman–Crippen LogP) is 1.88. The highest BCUT2D eigenvalue weighted by Gasteiger charge is 2.24. The first-order chi connectivity index (χ1) is 11.8. The Bertz CT molecular complexity index is 617. The predicted molar refractivity (Wildman–Crippen MR) is 93.2 cm³/mol. The highest BCUT2D eigenvalue weighted by molar-refractivity contribution is 5.80. The van der Waals surface area contributed by atoms with Crippen LogP contribution in [0.2, 0.25) is 0 Å². The van der Waals surface area contributed by atoms with Gasteiger partial charge in [-0.2, -0.15) is 0 Å². The minimum Gasteiger partial charge on any atom is -0.494 e. The van der Waals surface area contributed by atoms with Crippen LogP contribution in [-0.4, -0.2) is 35.5 Å². The fourth-order valence-electron chi connectivity index (χ4n) is 2.38. The van der Waals surface area contributed by atoms with Crippen LogP contribution in [0.25, 0.3) is 0 Å². The van der Waals surface area contributed by atoms with Crippen molar-refractivity contribution in [1.82, 2.24) is 10.6 Å². The van der Waals surface area contributed by atoms with Gasteiger partial charge in [0.2, 0.25) is 11.8 Å². The molecule has 1 aromatic carbocycles. The van der Waals surface area contributed by atoms with E-state index in [4.69, 9.17) is 9.84 Å². The summed E-state index contributed by atoms with van der Waals surface area (Å²) in [5.74, 6) is -1.70. The SMILES string of the molecule is CCOc1ccccc1C(CC(=O)NC(C)C(C)C(=O)O)NC(C)=O. The molecule has 0 aliphatic rings. The zero-order valence-corrected chi connectivity index (χ0v) is 15.0. The second-order valence-electron chi connectivity index (χ2n) is 5.91. The molecule has 2 amide bonds. The minimum absolute atomic E-state index is 0.0135. The summed E-state index contributed by atoms with van der Waals surface area (Å²) in [6.07, 6.45) is -0.0135. The lowest BCUT2D eigenvalue weighted by Gasteiger charge is -2.23. The van der Waals surface area contributed by atoms with Crippen molar-refractivity contribution in [3.05, 3.63) is 29.8 Å². The number of rotatable bonds is 9. The molecule has 0 spiro atoms. The van der Waals surface area contributed by atoms with E-state index in [1.54, 1.807) is 25.1 Å². The van der Waals surface area contributed by atoms with Gasteiger partial charge >= 0.3 is 5.97 Å². The van der Waals surface area contributed by atoms with Gasteiger partial charge in [0, 0.05) is 18.5 Å². The third-order valence-corrected chi connectivity index (χ3v) is 3.89. The normalized spacial score (nSPS) is 14.1. The molecular formula is C18H26N2O5. The Hall–Kier alpha value is -2.57.